The van der Waals surface area contributed by atoms with Gasteiger partial charge in [-0.15, -0.1) is 0 Å². The molecule has 3 aromatic heterocycles. The molecule has 0 aliphatic heterocycles. The van der Waals surface area contributed by atoms with Crippen LogP contribution >= 0.6 is 0 Å². The van der Waals surface area contributed by atoms with Gasteiger partial charge in [0.05, 0.1) is 23.5 Å². The Morgan fingerprint density at radius 1 is 1.29 bits per heavy atom. The first-order valence-corrected chi connectivity index (χ1v) is 9.90. The zero-order chi connectivity index (χ0) is 22.0. The topological polar surface area (TPSA) is 143 Å². The summed E-state index contributed by atoms with van der Waals surface area (Å²) in [4.78, 5) is 25.7. The fraction of sp³-hybridized carbons (Fsp3) is 0.450. The molecule has 2 fully saturated rings. The molecule has 4 N–H and O–H groups in total. The van der Waals surface area contributed by atoms with Crippen LogP contribution in [-0.4, -0.2) is 65.6 Å². The maximum absolute atomic E-state index is 12.4. The van der Waals surface area contributed by atoms with E-state index in [1.807, 2.05) is 0 Å². The zero-order valence-corrected chi connectivity index (χ0v) is 17.3. The van der Waals surface area contributed by atoms with Gasteiger partial charge in [-0.3, -0.25) is 14.0 Å². The number of aliphatic hydroxyl groups is 2. The summed E-state index contributed by atoms with van der Waals surface area (Å²) in [6, 6.07) is 0. The highest BCUT2D eigenvalue weighted by molar-refractivity contribution is 5.88. The van der Waals surface area contributed by atoms with Crippen LogP contribution in [0.5, 0.6) is 0 Å². The minimum Gasteiger partial charge on any atom is -0.387 e. The van der Waals surface area contributed by atoms with E-state index in [9.17, 15) is 15.0 Å². The number of anilines is 1. The third-order valence-electron chi connectivity index (χ3n) is 6.35. The molecule has 11 heteroatoms. The number of carbonyl (C=O) groups excluding carboxylic acids is 1. The van der Waals surface area contributed by atoms with Gasteiger partial charge in [0.15, 0.2) is 22.7 Å². The van der Waals surface area contributed by atoms with E-state index in [1.54, 1.807) is 31.2 Å². The van der Waals surface area contributed by atoms with E-state index in [-0.39, 0.29) is 24.1 Å². The molecule has 0 aromatic carbocycles. The van der Waals surface area contributed by atoms with E-state index < -0.39 is 17.2 Å². The number of aryl methyl sites for hydroxylation is 1. The number of fused-ring (bicyclic) bond motifs is 2. The molecule has 4 atom stereocenters. The Hall–Kier alpha value is -3.49. The Bertz CT molecular complexity index is 1270. The van der Waals surface area contributed by atoms with E-state index in [4.69, 9.17) is 0 Å². The van der Waals surface area contributed by atoms with Gasteiger partial charge in [0, 0.05) is 33.8 Å². The van der Waals surface area contributed by atoms with Crippen molar-refractivity contribution >= 4 is 22.9 Å². The Balaban J connectivity index is 1.59. The molecule has 2 unspecified atom stereocenters. The van der Waals surface area contributed by atoms with Gasteiger partial charge in [0.2, 0.25) is 11.7 Å². The average Bonchev–Trinajstić information content (AvgIpc) is 3.04. The smallest absolute Gasteiger partial charge is 0.229 e. The fourth-order valence-corrected chi connectivity index (χ4v) is 4.72. The van der Waals surface area contributed by atoms with E-state index >= 15 is 0 Å². The van der Waals surface area contributed by atoms with Crippen LogP contribution in [-0.2, 0) is 17.6 Å². The molecule has 0 spiro atoms. The number of nitrogens with zero attached hydrogens (tertiary/aromatic N) is 6. The van der Waals surface area contributed by atoms with Crippen molar-refractivity contribution in [1.29, 1.82) is 0 Å². The van der Waals surface area contributed by atoms with Gasteiger partial charge >= 0.3 is 0 Å². The fourth-order valence-electron chi connectivity index (χ4n) is 4.72. The van der Waals surface area contributed by atoms with Crippen molar-refractivity contribution in [2.24, 2.45) is 18.4 Å². The van der Waals surface area contributed by atoms with Crippen LogP contribution in [0.4, 0.5) is 5.82 Å². The molecule has 31 heavy (non-hydrogen) atoms. The molecule has 0 radical (unpaired) electrons. The molecule has 0 bridgehead atoms. The van der Waals surface area contributed by atoms with Crippen LogP contribution in [0.15, 0.2) is 18.7 Å². The number of aliphatic hydroxyl groups excluding tert-OH is 1. The van der Waals surface area contributed by atoms with E-state index in [0.29, 0.717) is 29.0 Å². The van der Waals surface area contributed by atoms with Crippen LogP contribution < -0.4 is 10.6 Å². The molecule has 2 aliphatic carbocycles. The predicted molar refractivity (Wildman–Crippen MR) is 109 cm³/mol. The minimum atomic E-state index is -1.71. The molecular formula is C20H22N8O3. The summed E-state index contributed by atoms with van der Waals surface area (Å²) in [5, 5.41) is 32.2. The largest absolute Gasteiger partial charge is 0.387 e. The minimum absolute atomic E-state index is 0.111. The SMILES string of the molecule is CNC(=O)C12CC1C[C@@](O)(n1cnc3c(NC)nc(C#Cc4cnn(C)c4)nc31)[C@@H]2O. The quantitative estimate of drug-likeness (QED) is 0.400. The number of nitrogens with one attached hydrogen (secondary N) is 2. The van der Waals surface area contributed by atoms with Gasteiger partial charge in [-0.05, 0) is 18.3 Å². The van der Waals surface area contributed by atoms with E-state index in [0.717, 1.165) is 0 Å². The number of imidazole rings is 1. The molecule has 3 aromatic rings. The van der Waals surface area contributed by atoms with Crippen LogP contribution in [0, 0.1) is 23.2 Å². The lowest BCUT2D eigenvalue weighted by molar-refractivity contribution is -0.155. The first kappa shape index (κ1) is 19.5. The summed E-state index contributed by atoms with van der Waals surface area (Å²) in [5.41, 5.74) is -1.23. The van der Waals surface area contributed by atoms with Gasteiger partial charge in [0.1, 0.15) is 6.10 Å². The summed E-state index contributed by atoms with van der Waals surface area (Å²) in [7, 11) is 5.03. The van der Waals surface area contributed by atoms with Gasteiger partial charge < -0.3 is 20.8 Å². The van der Waals surface area contributed by atoms with Crippen LogP contribution in [0.3, 0.4) is 0 Å². The highest BCUT2D eigenvalue weighted by Crippen LogP contribution is 2.68. The first-order chi connectivity index (χ1) is 14.8. The number of aromatic nitrogens is 6. The Labute approximate surface area is 177 Å². The third kappa shape index (κ3) is 2.65. The number of carbonyl (C=O) groups is 1. The van der Waals surface area contributed by atoms with Crippen molar-refractivity contribution in [2.75, 3.05) is 19.4 Å². The summed E-state index contributed by atoms with van der Waals surface area (Å²) >= 11 is 0. The van der Waals surface area contributed by atoms with Gasteiger partial charge in [-0.2, -0.15) is 5.10 Å². The van der Waals surface area contributed by atoms with Gasteiger partial charge in [0.25, 0.3) is 0 Å². The Morgan fingerprint density at radius 3 is 2.77 bits per heavy atom. The number of hydrogen-bond acceptors (Lipinski definition) is 8. The number of rotatable bonds is 3. The van der Waals surface area contributed by atoms with Crippen molar-refractivity contribution in [1.82, 2.24) is 34.6 Å². The van der Waals surface area contributed by atoms with E-state index in [1.165, 1.54) is 17.9 Å². The van der Waals surface area contributed by atoms with Crippen LogP contribution in [0.2, 0.25) is 0 Å². The van der Waals surface area contributed by atoms with Crippen molar-refractivity contribution < 1.29 is 15.0 Å². The summed E-state index contributed by atoms with van der Waals surface area (Å²) in [5.74, 6) is 6.17. The second kappa shape index (κ2) is 6.50. The normalized spacial score (nSPS) is 28.7. The first-order valence-electron chi connectivity index (χ1n) is 9.90. The monoisotopic (exact) mass is 422 g/mol. The second-order valence-electron chi connectivity index (χ2n) is 8.09. The highest BCUT2D eigenvalue weighted by Gasteiger charge is 2.76. The van der Waals surface area contributed by atoms with E-state index in [2.05, 4.69) is 42.5 Å². The lowest BCUT2D eigenvalue weighted by Gasteiger charge is -2.33. The molecule has 160 valence electrons. The lowest BCUT2D eigenvalue weighted by atomic mass is 9.94. The zero-order valence-electron chi connectivity index (χ0n) is 17.3. The van der Waals surface area contributed by atoms with Crippen molar-refractivity contribution in [3.8, 4) is 11.8 Å². The van der Waals surface area contributed by atoms with Crippen molar-refractivity contribution in [3.63, 3.8) is 0 Å². The van der Waals surface area contributed by atoms with Crippen LogP contribution in [0.25, 0.3) is 11.2 Å². The molecule has 2 aliphatic rings. The molecule has 1 amide bonds. The molecule has 2 saturated carbocycles. The molecular weight excluding hydrogens is 400 g/mol. The Kier molecular flexibility index (Phi) is 4.08. The number of amides is 1. The summed E-state index contributed by atoms with van der Waals surface area (Å²) < 4.78 is 3.08. The third-order valence-corrected chi connectivity index (χ3v) is 6.35. The summed E-state index contributed by atoms with van der Waals surface area (Å²) in [6.07, 6.45) is 4.31. The highest BCUT2D eigenvalue weighted by atomic mass is 16.4. The van der Waals surface area contributed by atoms with Crippen LogP contribution in [0.1, 0.15) is 24.2 Å². The van der Waals surface area contributed by atoms with Crippen molar-refractivity contribution in [3.05, 3.63) is 30.1 Å². The maximum Gasteiger partial charge on any atom is 0.229 e. The second-order valence-corrected chi connectivity index (χ2v) is 8.09. The molecule has 3 heterocycles. The maximum atomic E-state index is 12.4. The van der Waals surface area contributed by atoms with Gasteiger partial charge in [-0.25, -0.2) is 15.0 Å². The van der Waals surface area contributed by atoms with Crippen molar-refractivity contribution in [2.45, 2.75) is 24.7 Å². The summed E-state index contributed by atoms with van der Waals surface area (Å²) in [6.45, 7) is 0. The lowest BCUT2D eigenvalue weighted by Crippen LogP contribution is -2.49. The molecule has 5 rings (SSSR count). The number of hydrogen-bond donors (Lipinski definition) is 4. The standard InChI is InChI=1S/C20H22N8O3/c1-21-15-14-16(26-13(25-15)5-4-11-8-24-27(3)9-11)28(10-23-14)20(31)7-12-6-19(12,17(20)29)18(30)22-2/h8-10,12,17,29,31H,6-7H2,1-3H3,(H,22,30)(H,21,25,26)/t12?,17-,19?,20+/m1/s1. The average molecular weight is 422 g/mol. The molecule has 11 nitrogen and oxygen atoms in total. The Morgan fingerprint density at radius 2 is 2.10 bits per heavy atom. The van der Waals surface area contributed by atoms with Gasteiger partial charge in [-0.1, -0.05) is 5.92 Å². The molecule has 0 saturated heterocycles. The predicted octanol–water partition coefficient (Wildman–Crippen LogP) is -0.837.